The molecule has 4 heteroatoms. The molecule has 0 saturated heterocycles. The Morgan fingerprint density at radius 3 is 3.07 bits per heavy atom. The molecule has 0 fully saturated rings. The summed E-state index contributed by atoms with van der Waals surface area (Å²) in [5, 5.41) is 14.8. The minimum atomic E-state index is -0.0610. The maximum atomic E-state index is 10.9. The van der Waals surface area contributed by atoms with Crippen LogP contribution in [0, 0.1) is 0 Å². The second kappa shape index (κ2) is 4.13. The normalized spacial score (nSPS) is 17.9. The van der Waals surface area contributed by atoms with Crippen LogP contribution in [0.1, 0.15) is 12.0 Å². The van der Waals surface area contributed by atoms with Gasteiger partial charge in [0.25, 0.3) is 0 Å². The molecule has 15 heavy (non-hydrogen) atoms. The second-order valence-electron chi connectivity index (χ2n) is 3.31. The third kappa shape index (κ3) is 2.34. The van der Waals surface area contributed by atoms with Crippen molar-refractivity contribution in [1.29, 1.82) is 0 Å². The number of hydrogen-bond acceptors (Lipinski definition) is 3. The maximum absolute atomic E-state index is 10.9. The molecule has 0 aliphatic carbocycles. The Hall–Kier alpha value is -1.84. The smallest absolute Gasteiger partial charge is 0.203 e. The first-order chi connectivity index (χ1) is 7.28. The number of benzene rings is 1. The molecule has 1 aliphatic rings. The van der Waals surface area contributed by atoms with Gasteiger partial charge < -0.3 is 9.84 Å². The molecule has 1 heterocycles. The Morgan fingerprint density at radius 1 is 1.53 bits per heavy atom. The number of ether oxygens (including phenoxy) is 1. The van der Waals surface area contributed by atoms with Gasteiger partial charge in [-0.05, 0) is 23.3 Å². The Kier molecular flexibility index (Phi) is 2.67. The van der Waals surface area contributed by atoms with Gasteiger partial charge >= 0.3 is 0 Å². The highest BCUT2D eigenvalue weighted by molar-refractivity contribution is 5.78. The molecule has 2 rings (SSSR count). The highest BCUT2D eigenvalue weighted by atomic mass is 16.5. The molecule has 0 bridgehead atoms. The molecule has 0 unspecified atom stereocenters. The van der Waals surface area contributed by atoms with Crippen LogP contribution in [0.15, 0.2) is 29.4 Å². The largest absolute Gasteiger partial charge is 0.857 e. The third-order valence-corrected chi connectivity index (χ3v) is 2.19. The fourth-order valence-corrected chi connectivity index (χ4v) is 1.44. The lowest BCUT2D eigenvalue weighted by atomic mass is 10.2. The minimum absolute atomic E-state index is 0.0610. The van der Waals surface area contributed by atoms with Gasteiger partial charge in [-0.25, -0.2) is 0 Å². The van der Waals surface area contributed by atoms with Gasteiger partial charge in [-0.15, -0.1) is 0 Å². The first kappa shape index (κ1) is 9.71. The molecule has 0 aromatic heterocycles. The average Bonchev–Trinajstić information content (AvgIpc) is 2.64. The predicted octanol–water partition coefficient (Wildman–Crippen LogP) is 0.204. The SMILES string of the molecule is COc1cccc(/C=[N+]2/CCC([O-])=N2)c1. The summed E-state index contributed by atoms with van der Waals surface area (Å²) in [6.07, 6.45) is 2.34. The number of methoxy groups -OCH3 is 1. The van der Waals surface area contributed by atoms with Gasteiger partial charge in [0.05, 0.1) is 7.11 Å². The molecule has 1 aliphatic heterocycles. The molecule has 0 N–H and O–H groups in total. The molecule has 0 atom stereocenters. The number of hydrazone groups is 1. The van der Waals surface area contributed by atoms with Crippen molar-refractivity contribution < 1.29 is 14.5 Å². The van der Waals surface area contributed by atoms with Crippen LogP contribution >= 0.6 is 0 Å². The van der Waals surface area contributed by atoms with E-state index in [2.05, 4.69) is 5.10 Å². The van der Waals surface area contributed by atoms with Crippen LogP contribution in [0.25, 0.3) is 0 Å². The number of nitrogens with zero attached hydrogens (tertiary/aromatic N) is 2. The van der Waals surface area contributed by atoms with Crippen molar-refractivity contribution >= 4 is 12.1 Å². The van der Waals surface area contributed by atoms with Crippen molar-refractivity contribution in [2.75, 3.05) is 13.7 Å². The van der Waals surface area contributed by atoms with Crippen molar-refractivity contribution in [1.82, 2.24) is 0 Å². The summed E-state index contributed by atoms with van der Waals surface area (Å²) in [6.45, 7) is 0.663. The Morgan fingerprint density at radius 2 is 2.40 bits per heavy atom. The Bertz CT molecular complexity index is 424. The van der Waals surface area contributed by atoms with Gasteiger partial charge in [0, 0.05) is 17.9 Å². The molecule has 0 spiro atoms. The average molecular weight is 204 g/mol. The van der Waals surface area contributed by atoms with Crippen molar-refractivity contribution in [2.24, 2.45) is 5.10 Å². The molecule has 1 aromatic carbocycles. The summed E-state index contributed by atoms with van der Waals surface area (Å²) in [4.78, 5) is 0. The fourth-order valence-electron chi connectivity index (χ4n) is 1.44. The molecule has 4 nitrogen and oxygen atoms in total. The first-order valence-corrected chi connectivity index (χ1v) is 4.78. The zero-order valence-electron chi connectivity index (χ0n) is 8.51. The Labute approximate surface area is 88.1 Å². The molecular weight excluding hydrogens is 192 g/mol. The van der Waals surface area contributed by atoms with E-state index in [1.165, 1.54) is 0 Å². The van der Waals surface area contributed by atoms with Gasteiger partial charge in [0.1, 0.15) is 5.75 Å². The van der Waals surface area contributed by atoms with Crippen molar-refractivity contribution in [3.8, 4) is 5.75 Å². The minimum Gasteiger partial charge on any atom is -0.857 e. The number of hydrogen-bond donors (Lipinski definition) is 0. The number of rotatable bonds is 2. The van der Waals surface area contributed by atoms with Crippen LogP contribution in [0.4, 0.5) is 0 Å². The van der Waals surface area contributed by atoms with E-state index in [1.807, 2.05) is 30.5 Å². The van der Waals surface area contributed by atoms with E-state index >= 15 is 0 Å². The second-order valence-corrected chi connectivity index (χ2v) is 3.31. The van der Waals surface area contributed by atoms with Crippen molar-refractivity contribution in [2.45, 2.75) is 6.42 Å². The van der Waals surface area contributed by atoms with E-state index in [4.69, 9.17) is 4.74 Å². The van der Waals surface area contributed by atoms with Crippen molar-refractivity contribution in [3.05, 3.63) is 29.8 Å². The summed E-state index contributed by atoms with van der Waals surface area (Å²) < 4.78 is 6.77. The van der Waals surface area contributed by atoms with E-state index in [0.29, 0.717) is 13.0 Å². The topological polar surface area (TPSA) is 47.7 Å². The highest BCUT2D eigenvalue weighted by Crippen LogP contribution is 2.11. The van der Waals surface area contributed by atoms with E-state index in [0.717, 1.165) is 11.3 Å². The molecule has 78 valence electrons. The van der Waals surface area contributed by atoms with Gasteiger partial charge in [-0.3, -0.25) is 0 Å². The molecule has 1 aromatic rings. The van der Waals surface area contributed by atoms with Gasteiger partial charge in [-0.2, -0.15) is 0 Å². The lowest BCUT2D eigenvalue weighted by Crippen LogP contribution is -2.13. The van der Waals surface area contributed by atoms with E-state index in [9.17, 15) is 5.11 Å². The maximum Gasteiger partial charge on any atom is 0.203 e. The summed E-state index contributed by atoms with van der Waals surface area (Å²) in [5.41, 5.74) is 0.979. The van der Waals surface area contributed by atoms with E-state index in [1.54, 1.807) is 11.8 Å². The third-order valence-electron chi connectivity index (χ3n) is 2.19. The summed E-state index contributed by atoms with van der Waals surface area (Å²) in [7, 11) is 1.63. The molecule has 0 saturated carbocycles. The summed E-state index contributed by atoms with van der Waals surface area (Å²) >= 11 is 0. The zero-order valence-corrected chi connectivity index (χ0v) is 8.51. The monoisotopic (exact) mass is 204 g/mol. The van der Waals surface area contributed by atoms with Crippen LogP contribution in [0.2, 0.25) is 0 Å². The van der Waals surface area contributed by atoms with Crippen LogP contribution in [0.5, 0.6) is 5.75 Å². The standard InChI is InChI=1S/C11H12N2O2/c1-15-10-4-2-3-9(7-10)8-13-6-5-11(14)12-13/h2-4,7-8H,5-6H2,1H3/b13-8-. The van der Waals surface area contributed by atoms with Crippen LogP contribution in [0.3, 0.4) is 0 Å². The summed E-state index contributed by atoms with van der Waals surface area (Å²) in [5.74, 6) is 0.739. The van der Waals surface area contributed by atoms with E-state index < -0.39 is 0 Å². The zero-order chi connectivity index (χ0) is 10.7. The predicted molar refractivity (Wildman–Crippen MR) is 55.3 cm³/mol. The lowest BCUT2D eigenvalue weighted by Gasteiger charge is -1.98. The molecule has 0 radical (unpaired) electrons. The van der Waals surface area contributed by atoms with Crippen molar-refractivity contribution in [3.63, 3.8) is 0 Å². The fraction of sp³-hybridized carbons (Fsp3) is 0.273. The quantitative estimate of drug-likeness (QED) is 0.646. The summed E-state index contributed by atoms with van der Waals surface area (Å²) in [6, 6.07) is 7.63. The van der Waals surface area contributed by atoms with Crippen LogP contribution in [-0.2, 0) is 0 Å². The lowest BCUT2D eigenvalue weighted by molar-refractivity contribution is -0.519. The Balaban J connectivity index is 2.23. The molecule has 0 amide bonds. The van der Waals surface area contributed by atoms with E-state index in [-0.39, 0.29) is 5.90 Å². The first-order valence-electron chi connectivity index (χ1n) is 4.78. The highest BCUT2D eigenvalue weighted by Gasteiger charge is 2.11. The van der Waals surface area contributed by atoms with Gasteiger partial charge in [-0.1, -0.05) is 10.8 Å². The van der Waals surface area contributed by atoms with Crippen LogP contribution in [-0.4, -0.2) is 30.5 Å². The van der Waals surface area contributed by atoms with Gasteiger partial charge in [0.15, 0.2) is 6.54 Å². The van der Waals surface area contributed by atoms with Crippen LogP contribution < -0.4 is 9.84 Å². The van der Waals surface area contributed by atoms with Gasteiger partial charge in [0.2, 0.25) is 6.21 Å². The molecular formula is C11H12N2O2.